The highest BCUT2D eigenvalue weighted by atomic mass is 79.9. The Bertz CT molecular complexity index is 428. The number of hydrogen-bond donors (Lipinski definition) is 1. The molecule has 3 nitrogen and oxygen atoms in total. The summed E-state index contributed by atoms with van der Waals surface area (Å²) in [6, 6.07) is 2.52. The van der Waals surface area contributed by atoms with Crippen LogP contribution in [-0.4, -0.2) is 26.8 Å². The van der Waals surface area contributed by atoms with E-state index in [1.165, 1.54) is 24.0 Å². The highest BCUT2D eigenvalue weighted by molar-refractivity contribution is 9.10. The van der Waals surface area contributed by atoms with Crippen molar-refractivity contribution in [1.29, 1.82) is 0 Å². The topological polar surface area (TPSA) is 30.5 Å². The minimum Gasteiger partial charge on any atom is -0.493 e. The molecule has 1 fully saturated rings. The molecular weight excluding hydrogens is 294 g/mol. The van der Waals surface area contributed by atoms with Crippen LogP contribution in [0, 0.1) is 6.92 Å². The molecule has 1 N–H and O–H groups in total. The van der Waals surface area contributed by atoms with E-state index >= 15 is 0 Å². The Morgan fingerprint density at radius 3 is 2.72 bits per heavy atom. The molecule has 18 heavy (non-hydrogen) atoms. The molecule has 0 aromatic heterocycles. The highest BCUT2D eigenvalue weighted by Gasteiger charge is 2.21. The van der Waals surface area contributed by atoms with Crippen LogP contribution in [0.4, 0.5) is 0 Å². The van der Waals surface area contributed by atoms with Crippen LogP contribution in [0.3, 0.4) is 0 Å². The molecule has 0 amide bonds. The van der Waals surface area contributed by atoms with Gasteiger partial charge in [0.25, 0.3) is 0 Å². The molecule has 1 aromatic rings. The van der Waals surface area contributed by atoms with Gasteiger partial charge >= 0.3 is 0 Å². The average molecular weight is 314 g/mol. The maximum atomic E-state index is 5.54. The van der Waals surface area contributed by atoms with Crippen molar-refractivity contribution in [3.8, 4) is 11.5 Å². The fraction of sp³-hybridized carbons (Fsp3) is 0.571. The molecule has 1 heterocycles. The van der Waals surface area contributed by atoms with Crippen LogP contribution in [0.1, 0.15) is 24.0 Å². The van der Waals surface area contributed by atoms with Crippen molar-refractivity contribution in [3.05, 3.63) is 21.7 Å². The van der Waals surface area contributed by atoms with Crippen LogP contribution in [-0.2, 0) is 6.42 Å². The van der Waals surface area contributed by atoms with Gasteiger partial charge in [-0.3, -0.25) is 0 Å². The summed E-state index contributed by atoms with van der Waals surface area (Å²) in [5.41, 5.74) is 2.48. The summed E-state index contributed by atoms with van der Waals surface area (Å²) >= 11 is 3.59. The maximum absolute atomic E-state index is 5.54. The van der Waals surface area contributed by atoms with Crippen LogP contribution in [0.2, 0.25) is 0 Å². The van der Waals surface area contributed by atoms with E-state index in [4.69, 9.17) is 9.47 Å². The third kappa shape index (κ3) is 2.64. The lowest BCUT2D eigenvalue weighted by Gasteiger charge is -2.19. The van der Waals surface area contributed by atoms with Gasteiger partial charge in [-0.1, -0.05) is 15.9 Å². The van der Waals surface area contributed by atoms with Gasteiger partial charge in [0, 0.05) is 16.1 Å². The van der Waals surface area contributed by atoms with E-state index in [0.29, 0.717) is 6.04 Å². The van der Waals surface area contributed by atoms with Gasteiger partial charge in [0.1, 0.15) is 0 Å². The summed E-state index contributed by atoms with van der Waals surface area (Å²) < 4.78 is 12.0. The molecule has 0 radical (unpaired) electrons. The third-order valence-corrected chi connectivity index (χ3v) is 4.43. The number of halogens is 1. The summed E-state index contributed by atoms with van der Waals surface area (Å²) in [4.78, 5) is 0. The van der Waals surface area contributed by atoms with E-state index < -0.39 is 0 Å². The van der Waals surface area contributed by atoms with Crippen LogP contribution in [0.5, 0.6) is 11.5 Å². The van der Waals surface area contributed by atoms with Gasteiger partial charge in [-0.05, 0) is 44.4 Å². The van der Waals surface area contributed by atoms with Gasteiger partial charge in [-0.25, -0.2) is 0 Å². The van der Waals surface area contributed by atoms with Crippen LogP contribution < -0.4 is 14.8 Å². The maximum Gasteiger partial charge on any atom is 0.164 e. The van der Waals surface area contributed by atoms with E-state index in [0.717, 1.165) is 28.9 Å². The second kappa shape index (κ2) is 5.93. The first-order valence-corrected chi connectivity index (χ1v) is 7.10. The van der Waals surface area contributed by atoms with E-state index in [9.17, 15) is 0 Å². The zero-order chi connectivity index (χ0) is 13.1. The molecule has 4 heteroatoms. The summed E-state index contributed by atoms with van der Waals surface area (Å²) in [6.45, 7) is 3.24. The Kier molecular flexibility index (Phi) is 4.51. The second-order valence-electron chi connectivity index (χ2n) is 4.69. The first kappa shape index (κ1) is 13.7. The van der Waals surface area contributed by atoms with Crippen molar-refractivity contribution < 1.29 is 9.47 Å². The number of hydrogen-bond acceptors (Lipinski definition) is 3. The van der Waals surface area contributed by atoms with Crippen molar-refractivity contribution in [1.82, 2.24) is 5.32 Å². The molecule has 1 unspecified atom stereocenters. The minimum absolute atomic E-state index is 0.552. The third-order valence-electron chi connectivity index (χ3n) is 3.60. The second-order valence-corrected chi connectivity index (χ2v) is 5.55. The number of rotatable bonds is 4. The molecule has 0 spiro atoms. The van der Waals surface area contributed by atoms with Gasteiger partial charge in [0.15, 0.2) is 11.5 Å². The van der Waals surface area contributed by atoms with E-state index in [-0.39, 0.29) is 0 Å². The van der Waals surface area contributed by atoms with E-state index in [1.54, 1.807) is 14.2 Å². The van der Waals surface area contributed by atoms with Crippen molar-refractivity contribution in [2.45, 2.75) is 32.2 Å². The zero-order valence-corrected chi connectivity index (χ0v) is 12.8. The molecular formula is C14H20BrNO2. The van der Waals surface area contributed by atoms with Gasteiger partial charge in [-0.2, -0.15) is 0 Å². The quantitative estimate of drug-likeness (QED) is 0.926. The lowest BCUT2D eigenvalue weighted by Crippen LogP contribution is -2.24. The van der Waals surface area contributed by atoms with Gasteiger partial charge in [0.2, 0.25) is 0 Å². The first-order chi connectivity index (χ1) is 8.67. The molecule has 0 bridgehead atoms. The van der Waals surface area contributed by atoms with Crippen LogP contribution >= 0.6 is 15.9 Å². The lowest BCUT2D eigenvalue weighted by molar-refractivity contribution is 0.349. The molecule has 100 valence electrons. The average Bonchev–Trinajstić information content (AvgIpc) is 2.87. The summed E-state index contributed by atoms with van der Waals surface area (Å²) in [6.07, 6.45) is 3.49. The van der Waals surface area contributed by atoms with Crippen LogP contribution in [0.25, 0.3) is 0 Å². The molecule has 1 aromatic carbocycles. The van der Waals surface area contributed by atoms with Crippen molar-refractivity contribution >= 4 is 15.9 Å². The molecule has 0 saturated carbocycles. The predicted octanol–water partition coefficient (Wildman–Crippen LogP) is 3.07. The molecule has 1 aliphatic rings. The minimum atomic E-state index is 0.552. The standard InChI is InChI=1S/C14H20BrNO2/c1-9-11(7-10-5-4-6-16-10)14(18-3)13(17-2)8-12(9)15/h8,10,16H,4-7H2,1-3H3. The van der Waals surface area contributed by atoms with Crippen LogP contribution in [0.15, 0.2) is 10.5 Å². The number of nitrogens with one attached hydrogen (secondary N) is 1. The largest absolute Gasteiger partial charge is 0.493 e. The Morgan fingerprint density at radius 2 is 2.17 bits per heavy atom. The highest BCUT2D eigenvalue weighted by Crippen LogP contribution is 2.38. The molecule has 1 aliphatic heterocycles. The van der Waals surface area contributed by atoms with Crippen molar-refractivity contribution in [2.24, 2.45) is 0 Å². The monoisotopic (exact) mass is 313 g/mol. The molecule has 1 saturated heterocycles. The SMILES string of the molecule is COc1cc(Br)c(C)c(CC2CCCN2)c1OC. The fourth-order valence-corrected chi connectivity index (χ4v) is 3.00. The first-order valence-electron chi connectivity index (χ1n) is 6.30. The lowest BCUT2D eigenvalue weighted by atomic mass is 9.98. The number of methoxy groups -OCH3 is 2. The number of ether oxygens (including phenoxy) is 2. The van der Waals surface area contributed by atoms with Gasteiger partial charge in [0.05, 0.1) is 14.2 Å². The Labute approximate surface area is 117 Å². The van der Waals surface area contributed by atoms with Gasteiger partial charge < -0.3 is 14.8 Å². The van der Waals surface area contributed by atoms with Crippen molar-refractivity contribution in [3.63, 3.8) is 0 Å². The van der Waals surface area contributed by atoms with E-state index in [1.807, 2.05) is 6.07 Å². The van der Waals surface area contributed by atoms with E-state index in [2.05, 4.69) is 28.2 Å². The van der Waals surface area contributed by atoms with Gasteiger partial charge in [-0.15, -0.1) is 0 Å². The smallest absolute Gasteiger partial charge is 0.164 e. The predicted molar refractivity (Wildman–Crippen MR) is 76.7 cm³/mol. The molecule has 1 atom stereocenters. The Morgan fingerprint density at radius 1 is 1.39 bits per heavy atom. The molecule has 0 aliphatic carbocycles. The molecule has 2 rings (SSSR count). The Balaban J connectivity index is 2.38. The normalized spacial score (nSPS) is 19.0. The number of benzene rings is 1. The summed E-state index contributed by atoms with van der Waals surface area (Å²) in [5.74, 6) is 1.66. The summed E-state index contributed by atoms with van der Waals surface area (Å²) in [7, 11) is 3.38. The van der Waals surface area contributed by atoms with Crippen molar-refractivity contribution in [2.75, 3.05) is 20.8 Å². The Hall–Kier alpha value is -0.740. The summed E-state index contributed by atoms with van der Waals surface area (Å²) in [5, 5.41) is 3.53. The zero-order valence-electron chi connectivity index (χ0n) is 11.2. The fourth-order valence-electron chi connectivity index (χ4n) is 2.55.